The topological polar surface area (TPSA) is 90.7 Å². The fraction of sp³-hybridized carbons (Fsp3) is 0.263. The molecular weight excluding hydrogens is 320 g/mol. The molecule has 0 aliphatic rings. The van der Waals surface area contributed by atoms with Gasteiger partial charge >= 0.3 is 0 Å². The van der Waals surface area contributed by atoms with E-state index in [4.69, 9.17) is 15.2 Å². The van der Waals surface area contributed by atoms with Crippen LogP contribution in [0.25, 0.3) is 0 Å². The van der Waals surface area contributed by atoms with Gasteiger partial charge in [0.1, 0.15) is 0 Å². The molecule has 0 aliphatic carbocycles. The summed E-state index contributed by atoms with van der Waals surface area (Å²) >= 11 is 0. The van der Waals surface area contributed by atoms with Crippen LogP contribution in [0.15, 0.2) is 36.4 Å². The van der Waals surface area contributed by atoms with E-state index in [1.165, 1.54) is 21.1 Å². The minimum absolute atomic E-state index is 0.121. The second kappa shape index (κ2) is 7.70. The van der Waals surface area contributed by atoms with E-state index in [9.17, 15) is 9.59 Å². The molecule has 2 aromatic carbocycles. The van der Waals surface area contributed by atoms with Gasteiger partial charge in [0.15, 0.2) is 17.3 Å². The molecule has 0 aromatic heterocycles. The summed E-state index contributed by atoms with van der Waals surface area (Å²) in [6, 6.07) is 9.57. The van der Waals surface area contributed by atoms with Gasteiger partial charge < -0.3 is 20.5 Å². The molecule has 6 heteroatoms. The Balaban J connectivity index is 2.34. The van der Waals surface area contributed by atoms with Crippen LogP contribution in [0.5, 0.6) is 11.5 Å². The minimum atomic E-state index is -0.399. The smallest absolute Gasteiger partial charge is 0.251 e. The SMILES string of the molecule is COc1cc(C(C)=O)c(C(C)NC(=O)c2ccc(N)cc2)cc1OC. The number of ether oxygens (including phenoxy) is 2. The Morgan fingerprint density at radius 3 is 2.12 bits per heavy atom. The van der Waals surface area contributed by atoms with E-state index in [0.29, 0.717) is 33.9 Å². The molecule has 132 valence electrons. The number of hydrogen-bond acceptors (Lipinski definition) is 5. The summed E-state index contributed by atoms with van der Waals surface area (Å²) in [5.74, 6) is 0.589. The number of benzene rings is 2. The number of anilines is 1. The van der Waals surface area contributed by atoms with Gasteiger partial charge in [-0.3, -0.25) is 9.59 Å². The van der Waals surface area contributed by atoms with Crippen LogP contribution in [0.4, 0.5) is 5.69 Å². The summed E-state index contributed by atoms with van der Waals surface area (Å²) in [5.41, 5.74) is 7.85. The third-order valence-electron chi connectivity index (χ3n) is 3.92. The number of rotatable bonds is 6. The lowest BCUT2D eigenvalue weighted by Gasteiger charge is -2.19. The van der Waals surface area contributed by atoms with Crippen LogP contribution in [0, 0.1) is 0 Å². The molecule has 3 N–H and O–H groups in total. The van der Waals surface area contributed by atoms with Crippen molar-refractivity contribution < 1.29 is 19.1 Å². The molecule has 0 radical (unpaired) electrons. The minimum Gasteiger partial charge on any atom is -0.493 e. The Morgan fingerprint density at radius 1 is 1.04 bits per heavy atom. The lowest BCUT2D eigenvalue weighted by molar-refractivity contribution is 0.0935. The van der Waals surface area contributed by atoms with Crippen molar-refractivity contribution in [2.75, 3.05) is 20.0 Å². The van der Waals surface area contributed by atoms with E-state index >= 15 is 0 Å². The summed E-state index contributed by atoms with van der Waals surface area (Å²) in [5, 5.41) is 2.89. The number of amides is 1. The largest absolute Gasteiger partial charge is 0.493 e. The lowest BCUT2D eigenvalue weighted by Crippen LogP contribution is -2.27. The summed E-state index contributed by atoms with van der Waals surface area (Å²) in [6.45, 7) is 3.28. The molecule has 0 saturated carbocycles. The van der Waals surface area contributed by atoms with E-state index in [0.717, 1.165) is 0 Å². The van der Waals surface area contributed by atoms with Gasteiger partial charge in [0, 0.05) is 16.8 Å². The molecule has 0 aliphatic heterocycles. The van der Waals surface area contributed by atoms with Gasteiger partial charge in [0.05, 0.1) is 20.3 Å². The van der Waals surface area contributed by atoms with E-state index in [1.54, 1.807) is 36.4 Å². The molecule has 0 saturated heterocycles. The number of hydrogen-bond donors (Lipinski definition) is 2. The highest BCUT2D eigenvalue weighted by atomic mass is 16.5. The van der Waals surface area contributed by atoms with Crippen molar-refractivity contribution in [2.45, 2.75) is 19.9 Å². The number of carbonyl (C=O) groups is 2. The molecule has 1 unspecified atom stereocenters. The highest BCUT2D eigenvalue weighted by Gasteiger charge is 2.20. The number of nitrogens with one attached hydrogen (secondary N) is 1. The van der Waals surface area contributed by atoms with Crippen LogP contribution in [0.3, 0.4) is 0 Å². The zero-order valence-corrected chi connectivity index (χ0v) is 14.8. The van der Waals surface area contributed by atoms with Gasteiger partial charge in [-0.2, -0.15) is 0 Å². The Labute approximate surface area is 146 Å². The van der Waals surface area contributed by atoms with Crippen LogP contribution >= 0.6 is 0 Å². The van der Waals surface area contributed by atoms with Crippen LogP contribution in [-0.2, 0) is 0 Å². The number of ketones is 1. The second-order valence-corrected chi connectivity index (χ2v) is 5.67. The van der Waals surface area contributed by atoms with Crippen molar-refractivity contribution >= 4 is 17.4 Å². The zero-order chi connectivity index (χ0) is 18.6. The maximum atomic E-state index is 12.4. The fourth-order valence-electron chi connectivity index (χ4n) is 2.55. The first-order chi connectivity index (χ1) is 11.9. The average molecular weight is 342 g/mol. The second-order valence-electron chi connectivity index (χ2n) is 5.67. The molecule has 25 heavy (non-hydrogen) atoms. The van der Waals surface area contributed by atoms with E-state index in [1.807, 2.05) is 6.92 Å². The number of nitrogens with two attached hydrogens (primary N) is 1. The first-order valence-corrected chi connectivity index (χ1v) is 7.80. The lowest BCUT2D eigenvalue weighted by atomic mass is 9.97. The molecule has 2 aromatic rings. The molecular formula is C19H22N2O4. The van der Waals surface area contributed by atoms with Crippen molar-refractivity contribution in [3.63, 3.8) is 0 Å². The molecule has 0 fully saturated rings. The molecule has 1 amide bonds. The standard InChI is InChI=1S/C19H22N2O4/c1-11(21-19(23)13-5-7-14(20)8-6-13)15-9-17(24-3)18(25-4)10-16(15)12(2)22/h5-11H,20H2,1-4H3,(H,21,23). The van der Waals surface area contributed by atoms with Crippen LogP contribution in [0.2, 0.25) is 0 Å². The highest BCUT2D eigenvalue weighted by Crippen LogP contribution is 2.33. The molecule has 6 nitrogen and oxygen atoms in total. The van der Waals surface area contributed by atoms with Gasteiger partial charge in [-0.1, -0.05) is 0 Å². The normalized spacial score (nSPS) is 11.5. The Morgan fingerprint density at radius 2 is 1.60 bits per heavy atom. The van der Waals surface area contributed by atoms with Crippen LogP contribution in [-0.4, -0.2) is 25.9 Å². The quantitative estimate of drug-likeness (QED) is 0.622. The molecule has 2 rings (SSSR count). The maximum absolute atomic E-state index is 12.4. The van der Waals surface area contributed by atoms with Crippen molar-refractivity contribution in [1.29, 1.82) is 0 Å². The number of nitrogen functional groups attached to an aromatic ring is 1. The number of Topliss-reactive ketones (excluding diaryl/α,β-unsaturated/α-hetero) is 1. The first kappa shape index (κ1) is 18.3. The number of methoxy groups -OCH3 is 2. The predicted molar refractivity (Wildman–Crippen MR) is 96.3 cm³/mol. The first-order valence-electron chi connectivity index (χ1n) is 7.80. The summed E-state index contributed by atoms with van der Waals surface area (Å²) in [6.07, 6.45) is 0. The van der Waals surface area contributed by atoms with Gasteiger partial charge in [-0.15, -0.1) is 0 Å². The molecule has 0 heterocycles. The van der Waals surface area contributed by atoms with Crippen LogP contribution in [0.1, 0.15) is 46.2 Å². The molecule has 1 atom stereocenters. The zero-order valence-electron chi connectivity index (χ0n) is 14.8. The van der Waals surface area contributed by atoms with Gasteiger partial charge in [0.2, 0.25) is 0 Å². The van der Waals surface area contributed by atoms with Crippen molar-refractivity contribution in [3.8, 4) is 11.5 Å². The van der Waals surface area contributed by atoms with Gasteiger partial charge in [-0.25, -0.2) is 0 Å². The molecule has 0 spiro atoms. The Hall–Kier alpha value is -3.02. The highest BCUT2D eigenvalue weighted by molar-refractivity contribution is 5.98. The maximum Gasteiger partial charge on any atom is 0.251 e. The monoisotopic (exact) mass is 342 g/mol. The van der Waals surface area contributed by atoms with Gasteiger partial charge in [-0.05, 0) is 55.8 Å². The third kappa shape index (κ3) is 4.09. The van der Waals surface area contributed by atoms with E-state index in [2.05, 4.69) is 5.32 Å². The fourth-order valence-corrected chi connectivity index (χ4v) is 2.55. The summed E-state index contributed by atoms with van der Waals surface area (Å²) in [4.78, 5) is 24.4. The van der Waals surface area contributed by atoms with Gasteiger partial charge in [0.25, 0.3) is 5.91 Å². The Kier molecular flexibility index (Phi) is 5.64. The summed E-state index contributed by atoms with van der Waals surface area (Å²) in [7, 11) is 3.03. The van der Waals surface area contributed by atoms with Crippen LogP contribution < -0.4 is 20.5 Å². The van der Waals surface area contributed by atoms with E-state index < -0.39 is 6.04 Å². The Bertz CT molecular complexity index is 785. The third-order valence-corrected chi connectivity index (χ3v) is 3.92. The van der Waals surface area contributed by atoms with E-state index in [-0.39, 0.29) is 11.7 Å². The molecule has 0 bridgehead atoms. The van der Waals surface area contributed by atoms with Crippen molar-refractivity contribution in [2.24, 2.45) is 0 Å². The van der Waals surface area contributed by atoms with Crippen molar-refractivity contribution in [1.82, 2.24) is 5.32 Å². The number of carbonyl (C=O) groups excluding carboxylic acids is 2. The predicted octanol–water partition coefficient (Wildman–Crippen LogP) is 2.98. The average Bonchev–Trinajstić information content (AvgIpc) is 2.60. The van der Waals surface area contributed by atoms with Crippen molar-refractivity contribution in [3.05, 3.63) is 53.1 Å². The summed E-state index contributed by atoms with van der Waals surface area (Å²) < 4.78 is 10.5.